The number of rotatable bonds is 26. The Kier molecular flexibility index (Phi) is 22.2. The molecule has 0 bridgehead atoms. The van der Waals surface area contributed by atoms with Crippen LogP contribution in [0.3, 0.4) is 0 Å². The molecule has 17 heteroatoms. The molecular formula is C42H73N7O10. The third-order valence-corrected chi connectivity index (χ3v) is 9.84. The molecule has 1 aromatic rings. The fraction of sp³-hybridized carbons (Fsp3) is 0.738. The highest BCUT2D eigenvalue weighted by molar-refractivity contribution is 5.87. The van der Waals surface area contributed by atoms with Crippen molar-refractivity contribution in [2.75, 3.05) is 44.7 Å². The molecule has 0 aliphatic carbocycles. The van der Waals surface area contributed by atoms with Gasteiger partial charge in [0.2, 0.25) is 5.95 Å². The minimum Gasteiger partial charge on any atom is -0.459 e. The lowest BCUT2D eigenvalue weighted by Crippen LogP contribution is -2.47. The first-order valence-electron chi connectivity index (χ1n) is 20.6. The predicted molar refractivity (Wildman–Crippen MR) is 227 cm³/mol. The number of carbonyl (C=O) groups excluding carboxylic acids is 5. The summed E-state index contributed by atoms with van der Waals surface area (Å²) < 4.78 is 21.6. The van der Waals surface area contributed by atoms with Gasteiger partial charge in [-0.1, -0.05) is 55.0 Å². The molecule has 0 spiro atoms. The summed E-state index contributed by atoms with van der Waals surface area (Å²) in [4.78, 5) is 79.3. The van der Waals surface area contributed by atoms with E-state index in [1.165, 1.54) is 6.07 Å². The Balaban J connectivity index is 2.37. The number of hydrogen-bond donors (Lipinski definition) is 6. The maximum absolute atomic E-state index is 13.2. The number of amides is 5. The second kappa shape index (κ2) is 25.1. The molecule has 0 aliphatic rings. The van der Waals surface area contributed by atoms with Crippen molar-refractivity contribution in [2.24, 2.45) is 28.6 Å². The molecular weight excluding hydrogens is 763 g/mol. The van der Waals surface area contributed by atoms with E-state index in [-0.39, 0.29) is 65.3 Å². The van der Waals surface area contributed by atoms with E-state index in [9.17, 15) is 28.8 Å². The van der Waals surface area contributed by atoms with E-state index in [0.29, 0.717) is 51.1 Å². The first-order valence-corrected chi connectivity index (χ1v) is 20.6. The Morgan fingerprint density at radius 1 is 0.814 bits per heavy atom. The molecule has 5 atom stereocenters. The number of anilines is 1. The average Bonchev–Trinajstić information content (AvgIpc) is 3.09. The first kappa shape index (κ1) is 52.3. The summed E-state index contributed by atoms with van der Waals surface area (Å²) in [6.07, 6.45) is 2.83. The van der Waals surface area contributed by atoms with Crippen molar-refractivity contribution < 1.29 is 42.9 Å². The fourth-order valence-electron chi connectivity index (χ4n) is 6.81. The van der Waals surface area contributed by atoms with E-state index in [2.05, 4.69) is 77.7 Å². The van der Waals surface area contributed by atoms with Crippen LogP contribution in [0.25, 0.3) is 0 Å². The van der Waals surface area contributed by atoms with E-state index in [0.717, 1.165) is 18.9 Å². The third-order valence-electron chi connectivity index (χ3n) is 9.84. The lowest BCUT2D eigenvalue weighted by atomic mass is 9.80. The summed E-state index contributed by atoms with van der Waals surface area (Å²) in [5.41, 5.74) is -1.18. The van der Waals surface area contributed by atoms with Crippen LogP contribution in [-0.2, 0) is 28.5 Å². The monoisotopic (exact) mass is 836 g/mol. The number of esters is 1. The number of aryl methyl sites for hydroxylation is 1. The van der Waals surface area contributed by atoms with Gasteiger partial charge < -0.3 is 40.2 Å². The van der Waals surface area contributed by atoms with Crippen LogP contribution in [0.4, 0.5) is 20.3 Å². The number of hydrogen-bond acceptors (Lipinski definition) is 11. The summed E-state index contributed by atoms with van der Waals surface area (Å²) in [6, 6.07) is 0.882. The van der Waals surface area contributed by atoms with Gasteiger partial charge >= 0.3 is 24.2 Å². The van der Waals surface area contributed by atoms with Crippen LogP contribution >= 0.6 is 0 Å². The zero-order chi connectivity index (χ0) is 45.0. The van der Waals surface area contributed by atoms with Crippen LogP contribution in [0, 0.1) is 35.5 Å². The molecule has 5 unspecified atom stereocenters. The molecule has 0 radical (unpaired) electrons. The average molecular weight is 836 g/mol. The maximum atomic E-state index is 13.2. The normalized spacial score (nSPS) is 14.4. The predicted octanol–water partition coefficient (Wildman–Crippen LogP) is 5.98. The number of nitrogens with zero attached hydrogens (tertiary/aromatic N) is 1. The number of alkyl carbamates (subject to hydrolysis) is 2. The zero-order valence-corrected chi connectivity index (χ0v) is 37.6. The minimum atomic E-state index is -1.09. The molecule has 5 amide bonds. The van der Waals surface area contributed by atoms with Gasteiger partial charge in [0.15, 0.2) is 0 Å². The van der Waals surface area contributed by atoms with Crippen molar-refractivity contribution in [1.82, 2.24) is 31.2 Å². The number of ether oxygens (including phenoxy) is 4. The van der Waals surface area contributed by atoms with Gasteiger partial charge in [-0.3, -0.25) is 19.9 Å². The Bertz CT molecular complexity index is 1580. The van der Waals surface area contributed by atoms with Crippen LogP contribution in [0.1, 0.15) is 114 Å². The summed E-state index contributed by atoms with van der Waals surface area (Å²) in [6.45, 7) is 28.3. The van der Waals surface area contributed by atoms with Crippen LogP contribution in [0.2, 0.25) is 0 Å². The van der Waals surface area contributed by atoms with Gasteiger partial charge in [-0.15, -0.1) is 0 Å². The molecule has 1 rings (SSSR count). The number of aromatic amines is 1. The molecule has 17 nitrogen and oxygen atoms in total. The summed E-state index contributed by atoms with van der Waals surface area (Å²) in [7, 11) is 0. The molecule has 1 aromatic heterocycles. The van der Waals surface area contributed by atoms with Crippen molar-refractivity contribution in [3.8, 4) is 0 Å². The van der Waals surface area contributed by atoms with Crippen LogP contribution in [-0.4, -0.2) is 97.3 Å². The van der Waals surface area contributed by atoms with E-state index in [1.54, 1.807) is 20.8 Å². The van der Waals surface area contributed by atoms with Crippen LogP contribution in [0.15, 0.2) is 23.5 Å². The van der Waals surface area contributed by atoms with Crippen LogP contribution in [0.5, 0.6) is 0 Å². The molecule has 1 heterocycles. The maximum Gasteiger partial charge on any atom is 0.407 e. The molecule has 0 saturated heterocycles. The lowest BCUT2D eigenvalue weighted by Gasteiger charge is -2.32. The SMILES string of the molecule is C=CC(=O)OCCOC(=O)NCCC(C)(C)CC(C)CNC(=O)C(C)(C)OC(C)CC(C)C(C)OC(=O)NCCC(C)(C)CC(C)CNC(=O)Nc1nc(C)cc(=O)[nH]1. The van der Waals surface area contributed by atoms with Crippen molar-refractivity contribution in [3.63, 3.8) is 0 Å². The number of nitrogens with one attached hydrogen (secondary N) is 6. The quantitative estimate of drug-likeness (QED) is 0.0275. The highest BCUT2D eigenvalue weighted by Crippen LogP contribution is 2.30. The van der Waals surface area contributed by atoms with Gasteiger partial charge in [-0.2, -0.15) is 0 Å². The molecule has 59 heavy (non-hydrogen) atoms. The van der Waals surface area contributed by atoms with Gasteiger partial charge in [0.25, 0.3) is 11.5 Å². The second-order valence-corrected chi connectivity index (χ2v) is 17.9. The van der Waals surface area contributed by atoms with Crippen molar-refractivity contribution in [3.05, 3.63) is 34.8 Å². The van der Waals surface area contributed by atoms with Crippen molar-refractivity contribution in [1.29, 1.82) is 0 Å². The zero-order valence-electron chi connectivity index (χ0n) is 37.6. The highest BCUT2D eigenvalue weighted by atomic mass is 16.6. The first-order chi connectivity index (χ1) is 27.3. The smallest absolute Gasteiger partial charge is 0.407 e. The van der Waals surface area contributed by atoms with E-state index in [1.807, 2.05) is 27.7 Å². The summed E-state index contributed by atoms with van der Waals surface area (Å²) in [5.74, 6) is -0.449. The Morgan fingerprint density at radius 3 is 1.92 bits per heavy atom. The standard InChI is InChI=1S/C42H73N7O10/c1-14-34(51)56-19-20-57-38(54)43-17-15-40(8,9)23-27(2)25-45-35(52)42(12,13)59-31(6)21-29(4)32(7)58-39(55)44-18-16-41(10,11)24-28(3)26-46-37(53)49-36-47-30(5)22-33(50)48-36/h14,22,27-29,31-32H,1,15-21,23-26H2,2-13H3,(H,43,54)(H,44,55)(H,45,52)(H3,46,47,48,49,50,53). The lowest BCUT2D eigenvalue weighted by molar-refractivity contribution is -0.150. The van der Waals surface area contributed by atoms with Gasteiger partial charge in [-0.05, 0) is 95.3 Å². The van der Waals surface area contributed by atoms with Crippen LogP contribution < -0.4 is 32.1 Å². The summed E-state index contributed by atoms with van der Waals surface area (Å²) >= 11 is 0. The summed E-state index contributed by atoms with van der Waals surface area (Å²) in [5, 5.41) is 13.9. The topological polar surface area (TPSA) is 228 Å². The Hall–Kier alpha value is -4.67. The number of aromatic nitrogens is 2. The van der Waals surface area contributed by atoms with E-state index < -0.39 is 35.9 Å². The molecule has 6 N–H and O–H groups in total. The van der Waals surface area contributed by atoms with E-state index >= 15 is 0 Å². The minimum absolute atomic E-state index is 0.0424. The van der Waals surface area contributed by atoms with Crippen molar-refractivity contribution in [2.45, 2.75) is 133 Å². The number of H-pyrrole nitrogens is 1. The Morgan fingerprint density at radius 2 is 1.36 bits per heavy atom. The second-order valence-electron chi connectivity index (χ2n) is 17.9. The van der Waals surface area contributed by atoms with Gasteiger partial charge in [0, 0.05) is 44.0 Å². The van der Waals surface area contributed by atoms with Gasteiger partial charge in [0.05, 0.1) is 6.10 Å². The van der Waals surface area contributed by atoms with Gasteiger partial charge in [-0.25, -0.2) is 24.2 Å². The molecule has 336 valence electrons. The number of carbonyl (C=O) groups is 5. The molecule has 0 saturated carbocycles. The fourth-order valence-corrected chi connectivity index (χ4v) is 6.81. The largest absolute Gasteiger partial charge is 0.459 e. The number of urea groups is 1. The third kappa shape index (κ3) is 23.5. The van der Waals surface area contributed by atoms with E-state index in [4.69, 9.17) is 18.9 Å². The Labute approximate surface area is 350 Å². The van der Waals surface area contributed by atoms with Crippen molar-refractivity contribution >= 4 is 36.0 Å². The molecule has 0 aliphatic heterocycles. The molecule has 0 fully saturated rings. The molecule has 0 aromatic carbocycles. The van der Waals surface area contributed by atoms with Gasteiger partial charge in [0.1, 0.15) is 24.9 Å². The highest BCUT2D eigenvalue weighted by Gasteiger charge is 2.32.